The van der Waals surface area contributed by atoms with Crippen LogP contribution in [0.25, 0.3) is 0 Å². The molecule has 1 rings (SSSR count). The zero-order chi connectivity index (χ0) is 18.7. The molecule has 0 bridgehead atoms. The van der Waals surface area contributed by atoms with Crippen LogP contribution in [0.1, 0.15) is 58.3 Å². The maximum Gasteiger partial charge on any atom is 0.303 e. The van der Waals surface area contributed by atoms with Gasteiger partial charge >= 0.3 is 5.97 Å². The van der Waals surface area contributed by atoms with E-state index in [1.54, 1.807) is 6.08 Å². The molecule has 1 aliphatic carbocycles. The summed E-state index contributed by atoms with van der Waals surface area (Å²) in [4.78, 5) is 34.4. The molecule has 0 radical (unpaired) electrons. The Bertz CT molecular complexity index is 512. The Morgan fingerprint density at radius 3 is 2.72 bits per heavy atom. The zero-order valence-corrected chi connectivity index (χ0v) is 14.8. The highest BCUT2D eigenvalue weighted by atomic mass is 16.4. The summed E-state index contributed by atoms with van der Waals surface area (Å²) >= 11 is 0. The second-order valence-electron chi connectivity index (χ2n) is 6.41. The highest BCUT2D eigenvalue weighted by Crippen LogP contribution is 2.20. The monoisotopic (exact) mass is 351 g/mol. The molecule has 0 spiro atoms. The van der Waals surface area contributed by atoms with E-state index in [9.17, 15) is 19.5 Å². The number of amides is 1. The molecule has 0 fully saturated rings. The molecule has 0 aromatic rings. The maximum absolute atomic E-state index is 12.0. The first-order valence-electron chi connectivity index (χ1n) is 9.03. The number of nitrogens with one attached hydrogen (secondary N) is 1. The number of hydrogen-bond donors (Lipinski definition) is 3. The molecular formula is C19H29NO5. The van der Waals surface area contributed by atoms with Gasteiger partial charge in [0, 0.05) is 12.3 Å². The third-order valence-corrected chi connectivity index (χ3v) is 4.28. The van der Waals surface area contributed by atoms with Gasteiger partial charge in [0.05, 0.1) is 6.04 Å². The summed E-state index contributed by atoms with van der Waals surface area (Å²) in [6.45, 7) is 2.06. The molecular weight excluding hydrogens is 322 g/mol. The quantitative estimate of drug-likeness (QED) is 0.370. The molecule has 0 saturated heterocycles. The van der Waals surface area contributed by atoms with Gasteiger partial charge in [-0.2, -0.15) is 0 Å². The van der Waals surface area contributed by atoms with E-state index in [4.69, 9.17) is 5.11 Å². The highest BCUT2D eigenvalue weighted by molar-refractivity contribution is 5.96. The van der Waals surface area contributed by atoms with Gasteiger partial charge in [-0.3, -0.25) is 14.4 Å². The van der Waals surface area contributed by atoms with Crippen LogP contribution in [0.5, 0.6) is 0 Å². The van der Waals surface area contributed by atoms with Crippen molar-refractivity contribution in [3.8, 4) is 0 Å². The molecule has 0 unspecified atom stereocenters. The number of allylic oxidation sites excluding steroid dienone is 3. The Morgan fingerprint density at radius 1 is 1.28 bits per heavy atom. The average molecular weight is 351 g/mol. The number of ketones is 1. The fraction of sp³-hybridized carbons (Fsp3) is 0.632. The summed E-state index contributed by atoms with van der Waals surface area (Å²) in [5.74, 6) is -1.65. The summed E-state index contributed by atoms with van der Waals surface area (Å²) in [6.07, 6.45) is 10.9. The Kier molecular flexibility index (Phi) is 9.77. The number of carbonyl (C=O) groups excluding carboxylic acids is 2. The van der Waals surface area contributed by atoms with Gasteiger partial charge in [-0.1, -0.05) is 44.4 Å². The van der Waals surface area contributed by atoms with E-state index in [2.05, 4.69) is 12.2 Å². The number of carboxylic acid groups (broad SMARTS) is 1. The van der Waals surface area contributed by atoms with E-state index in [0.717, 1.165) is 19.3 Å². The van der Waals surface area contributed by atoms with Gasteiger partial charge in [0.25, 0.3) is 0 Å². The summed E-state index contributed by atoms with van der Waals surface area (Å²) in [7, 11) is 0. The molecule has 0 heterocycles. The molecule has 0 aromatic carbocycles. The highest BCUT2D eigenvalue weighted by Gasteiger charge is 2.31. The molecule has 140 valence electrons. The van der Waals surface area contributed by atoms with Crippen LogP contribution in [0.3, 0.4) is 0 Å². The van der Waals surface area contributed by atoms with Crippen molar-refractivity contribution in [2.75, 3.05) is 0 Å². The normalized spacial score (nSPS) is 21.0. The van der Waals surface area contributed by atoms with Crippen LogP contribution in [0.2, 0.25) is 0 Å². The average Bonchev–Trinajstić information content (AvgIpc) is 2.90. The van der Waals surface area contributed by atoms with E-state index in [0.29, 0.717) is 25.7 Å². The molecule has 25 heavy (non-hydrogen) atoms. The minimum atomic E-state index is -1.04. The SMILES string of the molecule is CCCCC[C@@H](O)C(=O)N[C@H]1C=CC(=O)[C@@H]1C/C=C\CCCC(=O)O. The second-order valence-corrected chi connectivity index (χ2v) is 6.41. The predicted molar refractivity (Wildman–Crippen MR) is 95.0 cm³/mol. The lowest BCUT2D eigenvalue weighted by molar-refractivity contribution is -0.137. The van der Waals surface area contributed by atoms with E-state index in [1.807, 2.05) is 12.2 Å². The molecule has 6 nitrogen and oxygen atoms in total. The van der Waals surface area contributed by atoms with Crippen molar-refractivity contribution >= 4 is 17.7 Å². The van der Waals surface area contributed by atoms with Gasteiger partial charge in [-0.15, -0.1) is 0 Å². The number of aliphatic carboxylic acids is 1. The molecule has 0 saturated carbocycles. The zero-order valence-electron chi connectivity index (χ0n) is 14.8. The molecule has 0 aromatic heterocycles. The lowest BCUT2D eigenvalue weighted by Crippen LogP contribution is -2.43. The number of unbranched alkanes of at least 4 members (excludes halogenated alkanes) is 3. The first kappa shape index (κ1) is 21.1. The Hall–Kier alpha value is -1.95. The fourth-order valence-corrected chi connectivity index (χ4v) is 2.76. The van der Waals surface area contributed by atoms with E-state index in [1.165, 1.54) is 6.08 Å². The summed E-state index contributed by atoms with van der Waals surface area (Å²) in [5, 5.41) is 21.2. The third kappa shape index (κ3) is 8.12. The first-order valence-corrected chi connectivity index (χ1v) is 9.03. The fourth-order valence-electron chi connectivity index (χ4n) is 2.76. The number of aliphatic hydroxyl groups excluding tert-OH is 1. The van der Waals surface area contributed by atoms with Crippen molar-refractivity contribution in [3.05, 3.63) is 24.3 Å². The van der Waals surface area contributed by atoms with E-state index < -0.39 is 24.0 Å². The molecule has 3 atom stereocenters. The topological polar surface area (TPSA) is 104 Å². The third-order valence-electron chi connectivity index (χ3n) is 4.28. The summed E-state index contributed by atoms with van der Waals surface area (Å²) < 4.78 is 0. The van der Waals surface area contributed by atoms with Gasteiger partial charge in [0.15, 0.2) is 5.78 Å². The van der Waals surface area contributed by atoms with Crippen LogP contribution in [0, 0.1) is 5.92 Å². The Balaban J connectivity index is 2.40. The minimum absolute atomic E-state index is 0.0408. The largest absolute Gasteiger partial charge is 0.481 e. The Labute approximate surface area is 149 Å². The van der Waals surface area contributed by atoms with Crippen LogP contribution >= 0.6 is 0 Å². The molecule has 0 aliphatic heterocycles. The van der Waals surface area contributed by atoms with Crippen molar-refractivity contribution in [2.24, 2.45) is 5.92 Å². The van der Waals surface area contributed by atoms with Gasteiger partial charge in [-0.25, -0.2) is 0 Å². The molecule has 3 N–H and O–H groups in total. The Morgan fingerprint density at radius 2 is 2.04 bits per heavy atom. The minimum Gasteiger partial charge on any atom is -0.481 e. The molecule has 1 aliphatic rings. The van der Waals surface area contributed by atoms with Crippen LogP contribution in [0.15, 0.2) is 24.3 Å². The van der Waals surface area contributed by atoms with Crippen molar-refractivity contribution in [3.63, 3.8) is 0 Å². The van der Waals surface area contributed by atoms with Crippen LogP contribution in [-0.2, 0) is 14.4 Å². The number of carboxylic acids is 1. The lowest BCUT2D eigenvalue weighted by Gasteiger charge is -2.20. The number of hydrogen-bond acceptors (Lipinski definition) is 4. The molecule has 6 heteroatoms. The summed E-state index contributed by atoms with van der Waals surface area (Å²) in [6, 6.07) is -0.399. The van der Waals surface area contributed by atoms with Crippen molar-refractivity contribution in [2.45, 2.75) is 70.4 Å². The number of aliphatic hydroxyl groups is 1. The van der Waals surface area contributed by atoms with E-state index in [-0.39, 0.29) is 18.1 Å². The van der Waals surface area contributed by atoms with Crippen LogP contribution < -0.4 is 5.32 Å². The number of rotatable bonds is 12. The van der Waals surface area contributed by atoms with Crippen LogP contribution in [-0.4, -0.2) is 40.0 Å². The first-order chi connectivity index (χ1) is 12.0. The van der Waals surface area contributed by atoms with Gasteiger partial charge in [-0.05, 0) is 31.8 Å². The standard InChI is InChI=1S/C19H29NO5/c1-2-3-6-10-17(22)19(25)20-15-12-13-16(21)14(15)9-7-4-5-8-11-18(23)24/h4,7,12-15,17,22H,2-3,5-6,8-11H2,1H3,(H,20,25)(H,23,24)/b7-4-/t14-,15+,17-/m1/s1. The van der Waals surface area contributed by atoms with Crippen molar-refractivity contribution in [1.29, 1.82) is 0 Å². The van der Waals surface area contributed by atoms with Gasteiger partial charge in [0.2, 0.25) is 5.91 Å². The molecule has 1 amide bonds. The van der Waals surface area contributed by atoms with Crippen LogP contribution in [0.4, 0.5) is 0 Å². The lowest BCUT2D eigenvalue weighted by atomic mass is 9.96. The maximum atomic E-state index is 12.0. The van der Waals surface area contributed by atoms with Gasteiger partial charge < -0.3 is 15.5 Å². The van der Waals surface area contributed by atoms with Crippen molar-refractivity contribution in [1.82, 2.24) is 5.32 Å². The predicted octanol–water partition coefficient (Wildman–Crippen LogP) is 2.37. The van der Waals surface area contributed by atoms with E-state index >= 15 is 0 Å². The smallest absolute Gasteiger partial charge is 0.303 e. The second kappa shape index (κ2) is 11.6. The van der Waals surface area contributed by atoms with Gasteiger partial charge in [0.1, 0.15) is 6.10 Å². The summed E-state index contributed by atoms with van der Waals surface area (Å²) in [5.41, 5.74) is 0. The van der Waals surface area contributed by atoms with Crippen molar-refractivity contribution < 1.29 is 24.6 Å². The number of carbonyl (C=O) groups is 3.